The molecule has 2 N–H and O–H groups in total. The molecule has 0 amide bonds. The van der Waals surface area contributed by atoms with Gasteiger partial charge in [-0.25, -0.2) is 4.79 Å². The number of benzene rings is 1. The average molecular weight is 433 g/mol. The fourth-order valence-corrected chi connectivity index (χ4v) is 4.64. The Morgan fingerprint density at radius 2 is 2.07 bits per heavy atom. The zero-order valence-corrected chi connectivity index (χ0v) is 19.4. The molecule has 0 saturated heterocycles. The molecule has 0 bridgehead atoms. The lowest BCUT2D eigenvalue weighted by Gasteiger charge is -2.32. The number of hydrogen-bond donors (Lipinski definition) is 2. The van der Waals surface area contributed by atoms with E-state index in [0.29, 0.717) is 23.5 Å². The number of unbranched alkanes of at least 4 members (excludes halogenated alkanes) is 2. The van der Waals surface area contributed by atoms with E-state index in [9.17, 15) is 9.90 Å². The largest absolute Gasteiger partial charge is 0.507 e. The zero-order chi connectivity index (χ0) is 22.1. The normalized spacial score (nSPS) is 18.7. The van der Waals surface area contributed by atoms with Crippen LogP contribution in [0.4, 0.5) is 4.79 Å². The first-order valence-corrected chi connectivity index (χ1v) is 12.0. The Morgan fingerprint density at radius 1 is 1.30 bits per heavy atom. The molecule has 0 heterocycles. The number of ether oxygens (including phenoxy) is 1. The lowest BCUT2D eigenvalue weighted by Crippen LogP contribution is -2.18. The molecule has 0 radical (unpaired) electrons. The van der Waals surface area contributed by atoms with Crippen LogP contribution in [0.15, 0.2) is 35.9 Å². The van der Waals surface area contributed by atoms with Gasteiger partial charge in [-0.05, 0) is 81.3 Å². The van der Waals surface area contributed by atoms with E-state index < -0.39 is 5.30 Å². The first-order valence-electron chi connectivity index (χ1n) is 11.0. The maximum absolute atomic E-state index is 12.4. The van der Waals surface area contributed by atoms with Gasteiger partial charge in [0.1, 0.15) is 11.5 Å². The van der Waals surface area contributed by atoms with Crippen molar-refractivity contribution in [2.45, 2.75) is 71.6 Å². The third-order valence-corrected chi connectivity index (χ3v) is 6.49. The van der Waals surface area contributed by atoms with Crippen LogP contribution in [0.25, 0.3) is 0 Å². The van der Waals surface area contributed by atoms with Gasteiger partial charge < -0.3 is 14.9 Å². The molecule has 0 aliphatic heterocycles. The second-order valence-electron chi connectivity index (χ2n) is 8.29. The number of aryl methyl sites for hydroxylation is 1. The first kappa shape index (κ1) is 24.5. The van der Waals surface area contributed by atoms with Crippen molar-refractivity contribution in [1.29, 1.82) is 0 Å². The minimum atomic E-state index is -0.404. The fraction of sp³-hybridized carbons (Fsp3) is 0.560. The third-order valence-electron chi connectivity index (χ3n) is 5.68. The first-order chi connectivity index (χ1) is 14.4. The Labute approximate surface area is 185 Å². The zero-order valence-electron chi connectivity index (χ0n) is 18.6. The predicted molar refractivity (Wildman–Crippen MR) is 126 cm³/mol. The van der Waals surface area contributed by atoms with Gasteiger partial charge in [-0.2, -0.15) is 0 Å². The van der Waals surface area contributed by atoms with Gasteiger partial charge in [0.05, 0.1) is 0 Å². The van der Waals surface area contributed by atoms with Crippen molar-refractivity contribution in [2.75, 3.05) is 12.4 Å². The number of rotatable bonds is 10. The maximum Gasteiger partial charge on any atom is 0.372 e. The number of phenols is 1. The van der Waals surface area contributed by atoms with E-state index in [1.54, 1.807) is 0 Å². The lowest BCUT2D eigenvalue weighted by molar-refractivity contribution is 0.226. The van der Waals surface area contributed by atoms with E-state index in [2.05, 4.69) is 26.5 Å². The van der Waals surface area contributed by atoms with Crippen LogP contribution >= 0.6 is 11.8 Å². The number of phenolic OH excluding ortho intramolecular Hbond substituents is 1. The molecule has 0 fully saturated rings. The van der Waals surface area contributed by atoms with Gasteiger partial charge in [0.2, 0.25) is 0 Å². The molecule has 1 aliphatic rings. The standard InChI is InChI=1S/C25H36O4S/c1-5-6-7-9-19-15-22(27)24(21-14-18(4)10-11-20(21)17(2)3)23(16-19)29-25(28)30-13-8-12-26/h14-16,20-21,26-27H,2,5-13H2,1,3-4H3/t20-,21+/m0/s1. The Morgan fingerprint density at radius 3 is 2.73 bits per heavy atom. The average Bonchev–Trinajstić information content (AvgIpc) is 2.68. The van der Waals surface area contributed by atoms with Crippen molar-refractivity contribution in [3.8, 4) is 11.5 Å². The molecule has 4 nitrogen and oxygen atoms in total. The monoisotopic (exact) mass is 432 g/mol. The second kappa shape index (κ2) is 12.2. The van der Waals surface area contributed by atoms with E-state index in [1.807, 2.05) is 19.1 Å². The molecule has 30 heavy (non-hydrogen) atoms. The van der Waals surface area contributed by atoms with Gasteiger partial charge in [0.15, 0.2) is 0 Å². The van der Waals surface area contributed by atoms with Gasteiger partial charge in [-0.3, -0.25) is 0 Å². The summed E-state index contributed by atoms with van der Waals surface area (Å²) in [7, 11) is 0. The van der Waals surface area contributed by atoms with Gasteiger partial charge in [0.25, 0.3) is 0 Å². The van der Waals surface area contributed by atoms with Gasteiger partial charge in [-0.1, -0.05) is 43.6 Å². The van der Waals surface area contributed by atoms with E-state index >= 15 is 0 Å². The summed E-state index contributed by atoms with van der Waals surface area (Å²) in [6, 6.07) is 3.75. The number of aliphatic hydroxyl groups excluding tert-OH is 1. The van der Waals surface area contributed by atoms with Crippen LogP contribution < -0.4 is 4.74 Å². The summed E-state index contributed by atoms with van der Waals surface area (Å²) in [5, 5.41) is 19.6. The Balaban J connectivity index is 2.41. The molecule has 0 aromatic heterocycles. The summed E-state index contributed by atoms with van der Waals surface area (Å²) in [6.07, 6.45) is 8.83. The quantitative estimate of drug-likeness (QED) is 0.243. The molecule has 0 unspecified atom stereocenters. The SMILES string of the molecule is C=C(C)[C@@H]1CCC(C)=C[C@H]1c1c(O)cc(CCCCC)cc1OC(=O)SCCCO. The highest BCUT2D eigenvalue weighted by Gasteiger charge is 2.31. The van der Waals surface area contributed by atoms with Crippen LogP contribution in [0.2, 0.25) is 0 Å². The molecule has 1 aliphatic carbocycles. The Kier molecular flexibility index (Phi) is 9.99. The maximum atomic E-state index is 12.4. The lowest BCUT2D eigenvalue weighted by atomic mass is 9.73. The minimum absolute atomic E-state index is 0.0473. The molecule has 1 aromatic carbocycles. The fourth-order valence-electron chi connectivity index (χ4n) is 4.06. The Hall–Kier alpha value is -1.72. The van der Waals surface area contributed by atoms with Crippen molar-refractivity contribution >= 4 is 17.1 Å². The highest BCUT2D eigenvalue weighted by Crippen LogP contribution is 2.47. The van der Waals surface area contributed by atoms with Crippen LogP contribution in [0.5, 0.6) is 11.5 Å². The summed E-state index contributed by atoms with van der Waals surface area (Å²) in [4.78, 5) is 12.4. The minimum Gasteiger partial charge on any atom is -0.507 e. The van der Waals surface area contributed by atoms with Crippen molar-refractivity contribution in [3.63, 3.8) is 0 Å². The van der Waals surface area contributed by atoms with E-state index in [0.717, 1.165) is 61.4 Å². The topological polar surface area (TPSA) is 66.8 Å². The molecule has 166 valence electrons. The number of carbonyl (C=O) groups excluding carboxylic acids is 1. The van der Waals surface area contributed by atoms with E-state index in [1.165, 1.54) is 5.57 Å². The molecule has 0 spiro atoms. The van der Waals surface area contributed by atoms with E-state index in [4.69, 9.17) is 9.84 Å². The molecule has 0 saturated carbocycles. The molecule has 2 atom stereocenters. The number of allylic oxidation sites excluding steroid dienone is 3. The molecule has 2 rings (SSSR count). The number of thioether (sulfide) groups is 1. The summed E-state index contributed by atoms with van der Waals surface area (Å²) >= 11 is 1.06. The summed E-state index contributed by atoms with van der Waals surface area (Å²) in [5.74, 6) is 1.28. The molecular formula is C25H36O4S. The van der Waals surface area contributed by atoms with Crippen LogP contribution in [-0.2, 0) is 6.42 Å². The smallest absolute Gasteiger partial charge is 0.372 e. The second-order valence-corrected chi connectivity index (χ2v) is 9.32. The predicted octanol–water partition coefficient (Wildman–Crippen LogP) is 6.76. The number of hydrogen-bond acceptors (Lipinski definition) is 5. The number of carbonyl (C=O) groups is 1. The summed E-state index contributed by atoms with van der Waals surface area (Å²) < 4.78 is 5.76. The highest BCUT2D eigenvalue weighted by molar-refractivity contribution is 8.13. The molecular weight excluding hydrogens is 396 g/mol. The van der Waals surface area contributed by atoms with Gasteiger partial charge in [0, 0.05) is 23.8 Å². The van der Waals surface area contributed by atoms with Crippen LogP contribution in [0.1, 0.15) is 76.3 Å². The van der Waals surface area contributed by atoms with Crippen molar-refractivity contribution < 1.29 is 19.7 Å². The molecule has 5 heteroatoms. The van der Waals surface area contributed by atoms with Gasteiger partial charge >= 0.3 is 5.30 Å². The Bertz CT molecular complexity index is 769. The summed E-state index contributed by atoms with van der Waals surface area (Å²) in [5.41, 5.74) is 4.01. The van der Waals surface area contributed by atoms with Crippen molar-refractivity contribution in [1.82, 2.24) is 0 Å². The number of aliphatic hydroxyl groups is 1. The third kappa shape index (κ3) is 6.92. The van der Waals surface area contributed by atoms with Crippen LogP contribution in [0.3, 0.4) is 0 Å². The van der Waals surface area contributed by atoms with E-state index in [-0.39, 0.29) is 24.2 Å². The van der Waals surface area contributed by atoms with Crippen LogP contribution in [-0.4, -0.2) is 27.9 Å². The molecule has 1 aromatic rings. The highest BCUT2D eigenvalue weighted by atomic mass is 32.2. The number of aromatic hydroxyl groups is 1. The van der Waals surface area contributed by atoms with Crippen LogP contribution in [0, 0.1) is 5.92 Å². The van der Waals surface area contributed by atoms with Gasteiger partial charge in [-0.15, -0.1) is 0 Å². The summed E-state index contributed by atoms with van der Waals surface area (Å²) in [6.45, 7) is 10.5. The van der Waals surface area contributed by atoms with Crippen molar-refractivity contribution in [2.24, 2.45) is 5.92 Å². The van der Waals surface area contributed by atoms with Crippen molar-refractivity contribution in [3.05, 3.63) is 47.1 Å².